The summed E-state index contributed by atoms with van der Waals surface area (Å²) in [4.78, 5) is 33.2. The molecule has 0 saturated carbocycles. The first-order valence-corrected chi connectivity index (χ1v) is 15.2. The first-order chi connectivity index (χ1) is 22.0. The molecular weight excluding hydrogens is 591 g/mol. The molecule has 0 amide bonds. The second-order valence-corrected chi connectivity index (χ2v) is 11.2. The highest BCUT2D eigenvalue weighted by Crippen LogP contribution is 2.35. The molecule has 0 N–H and O–H groups in total. The highest BCUT2D eigenvalue weighted by atomic mass is 32.1. The van der Waals surface area contributed by atoms with Crippen LogP contribution in [0.5, 0.6) is 11.5 Å². The Balaban J connectivity index is 1.51. The molecule has 9 heteroatoms. The summed E-state index contributed by atoms with van der Waals surface area (Å²) in [5.41, 5.74) is 3.36. The third kappa shape index (κ3) is 6.21. The third-order valence-corrected chi connectivity index (χ3v) is 8.30. The summed E-state index contributed by atoms with van der Waals surface area (Å²) >= 11 is 1.23. The number of hydrogen-bond acceptors (Lipinski definition) is 7. The quantitative estimate of drug-likeness (QED) is 0.199. The number of thiazole rings is 1. The normalized spacial score (nSPS) is 14.5. The van der Waals surface area contributed by atoms with E-state index in [1.807, 2.05) is 66.7 Å². The Hall–Kier alpha value is -5.28. The molecule has 0 radical (unpaired) electrons. The zero-order valence-electron chi connectivity index (χ0n) is 24.6. The SMILES string of the molecule is CCOC(=O)C1=C(c2ccccc2)N=c2s/c(=C\c3ccccc3OCc3ccc(F)cc3)c(=O)n2[C@H]1c1ccc(OC)cc1. The smallest absolute Gasteiger partial charge is 0.338 e. The van der Waals surface area contributed by atoms with E-state index in [0.29, 0.717) is 37.7 Å². The standard InChI is InChI=1S/C36H29FN2O5S/c1-3-43-35(41)31-32(24-9-5-4-6-10-24)38-36-39(33(31)25-15-19-28(42-2)20-16-25)34(40)30(45-36)21-26-11-7-8-12-29(26)44-22-23-13-17-27(37)18-14-23/h4-21,33H,3,22H2,1-2H3/b30-21-/t33-/m0/s1. The summed E-state index contributed by atoms with van der Waals surface area (Å²) in [5.74, 6) is 0.351. The van der Waals surface area contributed by atoms with Gasteiger partial charge in [-0.05, 0) is 54.5 Å². The molecule has 4 aromatic carbocycles. The van der Waals surface area contributed by atoms with Crippen molar-refractivity contribution in [3.05, 3.63) is 156 Å². The van der Waals surface area contributed by atoms with E-state index in [9.17, 15) is 14.0 Å². The number of nitrogens with zero attached hydrogens (tertiary/aromatic N) is 2. The van der Waals surface area contributed by atoms with Gasteiger partial charge in [0, 0.05) is 11.1 Å². The predicted octanol–water partition coefficient (Wildman–Crippen LogP) is 5.66. The highest BCUT2D eigenvalue weighted by molar-refractivity contribution is 7.07. The van der Waals surface area contributed by atoms with Gasteiger partial charge in [-0.25, -0.2) is 14.2 Å². The van der Waals surface area contributed by atoms with E-state index in [1.54, 1.807) is 48.9 Å². The van der Waals surface area contributed by atoms with Crippen LogP contribution in [0.1, 0.15) is 35.2 Å². The van der Waals surface area contributed by atoms with Crippen LogP contribution in [0.25, 0.3) is 11.8 Å². The molecule has 6 rings (SSSR count). The number of carbonyl (C=O) groups is 1. The summed E-state index contributed by atoms with van der Waals surface area (Å²) in [6.07, 6.45) is 1.77. The molecule has 226 valence electrons. The molecule has 1 atom stereocenters. The summed E-state index contributed by atoms with van der Waals surface area (Å²) in [7, 11) is 1.58. The molecule has 0 fully saturated rings. The van der Waals surface area contributed by atoms with Gasteiger partial charge in [-0.2, -0.15) is 0 Å². The maximum Gasteiger partial charge on any atom is 0.338 e. The summed E-state index contributed by atoms with van der Waals surface area (Å²) in [6.45, 7) is 2.14. The van der Waals surface area contributed by atoms with Crippen LogP contribution in [-0.2, 0) is 16.1 Å². The van der Waals surface area contributed by atoms with E-state index < -0.39 is 12.0 Å². The maximum absolute atomic E-state index is 14.2. The van der Waals surface area contributed by atoms with Crippen LogP contribution in [0.2, 0.25) is 0 Å². The number of esters is 1. The van der Waals surface area contributed by atoms with Crippen LogP contribution in [0.15, 0.2) is 118 Å². The van der Waals surface area contributed by atoms with Gasteiger partial charge in [0.15, 0.2) is 4.80 Å². The van der Waals surface area contributed by atoms with Gasteiger partial charge in [0.1, 0.15) is 23.9 Å². The number of ether oxygens (including phenoxy) is 3. The van der Waals surface area contributed by atoms with E-state index in [1.165, 1.54) is 23.5 Å². The van der Waals surface area contributed by atoms with Crippen molar-refractivity contribution in [2.45, 2.75) is 19.6 Å². The number of carbonyl (C=O) groups excluding carboxylic acids is 1. The van der Waals surface area contributed by atoms with Crippen molar-refractivity contribution >= 4 is 29.1 Å². The van der Waals surface area contributed by atoms with Gasteiger partial charge in [0.05, 0.1) is 35.6 Å². The van der Waals surface area contributed by atoms with Gasteiger partial charge in [-0.1, -0.05) is 84.1 Å². The Morgan fingerprint density at radius 2 is 1.67 bits per heavy atom. The molecular formula is C36H29FN2O5S. The average Bonchev–Trinajstić information content (AvgIpc) is 3.38. The van der Waals surface area contributed by atoms with Gasteiger partial charge < -0.3 is 14.2 Å². The maximum atomic E-state index is 14.2. The second-order valence-electron chi connectivity index (χ2n) is 10.2. The number of fused-ring (bicyclic) bond motifs is 1. The number of aromatic nitrogens is 1. The number of benzene rings is 4. The van der Waals surface area contributed by atoms with Crippen LogP contribution in [0, 0.1) is 5.82 Å². The summed E-state index contributed by atoms with van der Waals surface area (Å²) in [5, 5.41) is 0. The van der Waals surface area contributed by atoms with Crippen molar-refractivity contribution < 1.29 is 23.4 Å². The van der Waals surface area contributed by atoms with E-state index in [-0.39, 0.29) is 30.2 Å². The average molecular weight is 621 g/mol. The molecule has 1 aliphatic rings. The topological polar surface area (TPSA) is 79.1 Å². The van der Waals surface area contributed by atoms with E-state index in [0.717, 1.165) is 11.1 Å². The lowest BCUT2D eigenvalue weighted by Crippen LogP contribution is -2.40. The van der Waals surface area contributed by atoms with Crippen molar-refractivity contribution in [1.29, 1.82) is 0 Å². The molecule has 0 bridgehead atoms. The molecule has 2 heterocycles. The minimum Gasteiger partial charge on any atom is -0.497 e. The lowest BCUT2D eigenvalue weighted by atomic mass is 9.93. The molecule has 1 aliphatic heterocycles. The predicted molar refractivity (Wildman–Crippen MR) is 171 cm³/mol. The minimum absolute atomic E-state index is 0.166. The van der Waals surface area contributed by atoms with Crippen LogP contribution in [0.4, 0.5) is 4.39 Å². The van der Waals surface area contributed by atoms with E-state index in [4.69, 9.17) is 19.2 Å². The fourth-order valence-corrected chi connectivity index (χ4v) is 6.15. The Bertz CT molecular complexity index is 2050. The number of methoxy groups -OCH3 is 1. The van der Waals surface area contributed by atoms with Crippen LogP contribution in [0.3, 0.4) is 0 Å². The van der Waals surface area contributed by atoms with Crippen molar-refractivity contribution in [3.8, 4) is 11.5 Å². The monoisotopic (exact) mass is 620 g/mol. The molecule has 5 aromatic rings. The molecule has 0 saturated heterocycles. The van der Waals surface area contributed by atoms with Crippen LogP contribution >= 0.6 is 11.3 Å². The Kier molecular flexibility index (Phi) is 8.70. The fourth-order valence-electron chi connectivity index (χ4n) is 5.16. The number of rotatable bonds is 9. The lowest BCUT2D eigenvalue weighted by molar-refractivity contribution is -0.138. The van der Waals surface area contributed by atoms with Gasteiger partial charge in [0.25, 0.3) is 5.56 Å². The number of halogens is 1. The van der Waals surface area contributed by atoms with Crippen LogP contribution < -0.4 is 24.4 Å². The van der Waals surface area contributed by atoms with Crippen molar-refractivity contribution in [1.82, 2.24) is 4.57 Å². The van der Waals surface area contributed by atoms with Gasteiger partial charge >= 0.3 is 5.97 Å². The number of hydrogen-bond donors (Lipinski definition) is 0. The fraction of sp³-hybridized carbons (Fsp3) is 0.139. The van der Waals surface area contributed by atoms with Crippen molar-refractivity contribution in [3.63, 3.8) is 0 Å². The Labute approximate surface area is 262 Å². The van der Waals surface area contributed by atoms with Gasteiger partial charge in [-0.15, -0.1) is 0 Å². The molecule has 0 aliphatic carbocycles. The molecule has 7 nitrogen and oxygen atoms in total. The van der Waals surface area contributed by atoms with Gasteiger partial charge in [-0.3, -0.25) is 9.36 Å². The molecule has 45 heavy (non-hydrogen) atoms. The van der Waals surface area contributed by atoms with Crippen molar-refractivity contribution in [2.24, 2.45) is 4.99 Å². The summed E-state index contributed by atoms with van der Waals surface area (Å²) < 4.78 is 32.3. The molecule has 0 unspecified atom stereocenters. The highest BCUT2D eigenvalue weighted by Gasteiger charge is 2.35. The van der Waals surface area contributed by atoms with Gasteiger partial charge in [0.2, 0.25) is 0 Å². The number of para-hydroxylation sites is 1. The largest absolute Gasteiger partial charge is 0.497 e. The third-order valence-electron chi connectivity index (χ3n) is 7.32. The van der Waals surface area contributed by atoms with Crippen LogP contribution in [-0.4, -0.2) is 24.3 Å². The Morgan fingerprint density at radius 1 is 0.956 bits per heavy atom. The minimum atomic E-state index is -0.798. The lowest BCUT2D eigenvalue weighted by Gasteiger charge is -2.26. The van der Waals surface area contributed by atoms with Crippen molar-refractivity contribution in [2.75, 3.05) is 13.7 Å². The summed E-state index contributed by atoms with van der Waals surface area (Å²) in [6, 6.07) is 29.4. The second kappa shape index (κ2) is 13.2. The zero-order valence-corrected chi connectivity index (χ0v) is 25.4. The zero-order chi connectivity index (χ0) is 31.3. The molecule has 1 aromatic heterocycles. The molecule has 0 spiro atoms. The first-order valence-electron chi connectivity index (χ1n) is 14.4. The first kappa shape index (κ1) is 29.8. The van der Waals surface area contributed by atoms with E-state index >= 15 is 0 Å². The van der Waals surface area contributed by atoms with E-state index in [2.05, 4.69) is 0 Å². The Morgan fingerprint density at radius 3 is 2.38 bits per heavy atom.